The van der Waals surface area contributed by atoms with E-state index in [9.17, 15) is 5.11 Å². The van der Waals surface area contributed by atoms with Gasteiger partial charge in [-0.2, -0.15) is 0 Å². The van der Waals surface area contributed by atoms with Gasteiger partial charge in [0.15, 0.2) is 0 Å². The molecule has 4 nitrogen and oxygen atoms in total. The Labute approximate surface area is 155 Å². The molecule has 0 saturated heterocycles. The van der Waals surface area contributed by atoms with Crippen molar-refractivity contribution in [2.24, 2.45) is 0 Å². The largest absolute Gasteiger partial charge is 0.508 e. The molecule has 0 heterocycles. The third kappa shape index (κ3) is 6.30. The molecule has 0 aromatic heterocycles. The zero-order valence-electron chi connectivity index (χ0n) is 15.2. The van der Waals surface area contributed by atoms with E-state index in [1.165, 1.54) is 5.56 Å². The van der Waals surface area contributed by atoms with Gasteiger partial charge in [0, 0.05) is 5.92 Å². The lowest BCUT2D eigenvalue weighted by Crippen LogP contribution is -2.10. The zero-order valence-corrected chi connectivity index (χ0v) is 15.2. The standard InChI is InChI=1S/C22H26O4/c1-4-17(2)25-15-13-24-14-16-26-22-11-7-20(8-12-22)18(3)19-5-9-21(23)10-6-19/h4-12,18,23H,1-2,13-16H2,3H3. The van der Waals surface area contributed by atoms with Gasteiger partial charge in [-0.1, -0.05) is 44.3 Å². The van der Waals surface area contributed by atoms with Crippen LogP contribution in [0.2, 0.25) is 0 Å². The Bertz CT molecular complexity index is 689. The van der Waals surface area contributed by atoms with Crippen LogP contribution in [0, 0.1) is 0 Å². The number of ether oxygens (including phenoxy) is 3. The second kappa shape index (κ2) is 10.3. The van der Waals surface area contributed by atoms with Gasteiger partial charge in [-0.05, 0) is 41.5 Å². The molecule has 0 fully saturated rings. The summed E-state index contributed by atoms with van der Waals surface area (Å²) in [5, 5.41) is 9.39. The quantitative estimate of drug-likeness (QED) is 0.362. The molecule has 0 amide bonds. The average molecular weight is 354 g/mol. The van der Waals surface area contributed by atoms with Crippen LogP contribution in [-0.2, 0) is 9.47 Å². The van der Waals surface area contributed by atoms with Crippen molar-refractivity contribution in [1.82, 2.24) is 0 Å². The monoisotopic (exact) mass is 354 g/mol. The summed E-state index contributed by atoms with van der Waals surface area (Å²) in [6.45, 7) is 11.3. The number of benzene rings is 2. The maximum Gasteiger partial charge on any atom is 0.119 e. The number of allylic oxidation sites excluding steroid dienone is 1. The van der Waals surface area contributed by atoms with E-state index < -0.39 is 0 Å². The molecule has 0 radical (unpaired) electrons. The van der Waals surface area contributed by atoms with Gasteiger partial charge in [-0.3, -0.25) is 0 Å². The molecule has 0 spiro atoms. The van der Waals surface area contributed by atoms with Crippen molar-refractivity contribution >= 4 is 0 Å². The van der Waals surface area contributed by atoms with Crippen molar-refractivity contribution in [3.05, 3.63) is 84.7 Å². The van der Waals surface area contributed by atoms with Gasteiger partial charge in [0.2, 0.25) is 0 Å². The maximum absolute atomic E-state index is 9.39. The summed E-state index contributed by atoms with van der Waals surface area (Å²) < 4.78 is 16.4. The van der Waals surface area contributed by atoms with E-state index in [0.29, 0.717) is 32.2 Å². The summed E-state index contributed by atoms with van der Waals surface area (Å²) in [7, 11) is 0. The topological polar surface area (TPSA) is 47.9 Å². The zero-order chi connectivity index (χ0) is 18.8. The summed E-state index contributed by atoms with van der Waals surface area (Å²) in [6, 6.07) is 15.3. The van der Waals surface area contributed by atoms with E-state index in [0.717, 1.165) is 11.3 Å². The molecule has 2 aromatic carbocycles. The van der Waals surface area contributed by atoms with Crippen molar-refractivity contribution in [1.29, 1.82) is 0 Å². The van der Waals surface area contributed by atoms with Crippen LogP contribution in [0.25, 0.3) is 0 Å². The first-order chi connectivity index (χ1) is 12.6. The van der Waals surface area contributed by atoms with Crippen molar-refractivity contribution in [2.45, 2.75) is 12.8 Å². The van der Waals surface area contributed by atoms with E-state index in [4.69, 9.17) is 14.2 Å². The molecular weight excluding hydrogens is 328 g/mol. The molecule has 26 heavy (non-hydrogen) atoms. The Morgan fingerprint density at radius 2 is 1.54 bits per heavy atom. The van der Waals surface area contributed by atoms with Gasteiger partial charge < -0.3 is 19.3 Å². The van der Waals surface area contributed by atoms with Crippen LogP contribution < -0.4 is 4.74 Å². The highest BCUT2D eigenvalue weighted by atomic mass is 16.5. The SMILES string of the molecule is C=CC(=C)OCCOCCOc1ccc(C(C)c2ccc(O)cc2)cc1. The number of hydrogen-bond donors (Lipinski definition) is 1. The molecule has 0 saturated carbocycles. The van der Waals surface area contributed by atoms with Gasteiger partial charge in [0.1, 0.15) is 30.5 Å². The van der Waals surface area contributed by atoms with Crippen LogP contribution in [0.3, 0.4) is 0 Å². The first-order valence-corrected chi connectivity index (χ1v) is 8.63. The summed E-state index contributed by atoms with van der Waals surface area (Å²) in [6.07, 6.45) is 1.56. The minimum Gasteiger partial charge on any atom is -0.508 e. The highest BCUT2D eigenvalue weighted by Crippen LogP contribution is 2.26. The molecule has 0 bridgehead atoms. The lowest BCUT2D eigenvalue weighted by Gasteiger charge is -2.14. The maximum atomic E-state index is 9.39. The van der Waals surface area contributed by atoms with Crippen LogP contribution in [0.5, 0.6) is 11.5 Å². The predicted molar refractivity (Wildman–Crippen MR) is 104 cm³/mol. The first-order valence-electron chi connectivity index (χ1n) is 8.63. The molecule has 1 N–H and O–H groups in total. The Balaban J connectivity index is 1.71. The molecule has 0 aliphatic carbocycles. The summed E-state index contributed by atoms with van der Waals surface area (Å²) in [5.41, 5.74) is 2.35. The number of rotatable bonds is 11. The third-order valence-corrected chi connectivity index (χ3v) is 4.01. The number of phenols is 1. The van der Waals surface area contributed by atoms with Crippen molar-refractivity contribution in [3.8, 4) is 11.5 Å². The van der Waals surface area contributed by atoms with Crippen molar-refractivity contribution in [3.63, 3.8) is 0 Å². The highest BCUT2D eigenvalue weighted by Gasteiger charge is 2.08. The normalized spacial score (nSPS) is 11.6. The lowest BCUT2D eigenvalue weighted by atomic mass is 9.93. The van der Waals surface area contributed by atoms with E-state index in [1.807, 2.05) is 24.3 Å². The lowest BCUT2D eigenvalue weighted by molar-refractivity contribution is 0.0610. The van der Waals surface area contributed by atoms with E-state index >= 15 is 0 Å². The summed E-state index contributed by atoms with van der Waals surface area (Å²) in [5.74, 6) is 1.89. The predicted octanol–water partition coefficient (Wildman–Crippen LogP) is 4.66. The fourth-order valence-electron chi connectivity index (χ4n) is 2.42. The van der Waals surface area contributed by atoms with Crippen LogP contribution in [0.15, 0.2) is 73.5 Å². The second-order valence-corrected chi connectivity index (χ2v) is 5.86. The van der Waals surface area contributed by atoms with Crippen molar-refractivity contribution < 1.29 is 19.3 Å². The molecule has 138 valence electrons. The Morgan fingerprint density at radius 1 is 0.962 bits per heavy atom. The minimum atomic E-state index is 0.248. The Kier molecular flexibility index (Phi) is 7.77. The molecule has 0 aliphatic rings. The second-order valence-electron chi connectivity index (χ2n) is 5.86. The minimum absolute atomic E-state index is 0.248. The third-order valence-electron chi connectivity index (χ3n) is 4.01. The van der Waals surface area contributed by atoms with Crippen LogP contribution >= 0.6 is 0 Å². The molecule has 1 unspecified atom stereocenters. The number of hydrogen-bond acceptors (Lipinski definition) is 4. The van der Waals surface area contributed by atoms with E-state index in [1.54, 1.807) is 18.2 Å². The first kappa shape index (κ1) is 19.6. The fourth-order valence-corrected chi connectivity index (χ4v) is 2.42. The van der Waals surface area contributed by atoms with Gasteiger partial charge in [-0.25, -0.2) is 0 Å². The Morgan fingerprint density at radius 3 is 2.15 bits per heavy atom. The average Bonchev–Trinajstić information content (AvgIpc) is 2.67. The van der Waals surface area contributed by atoms with Gasteiger partial charge in [0.05, 0.1) is 13.2 Å². The summed E-state index contributed by atoms with van der Waals surface area (Å²) >= 11 is 0. The highest BCUT2D eigenvalue weighted by molar-refractivity contribution is 5.37. The fraction of sp³-hybridized carbons (Fsp3) is 0.273. The Hall–Kier alpha value is -2.72. The summed E-state index contributed by atoms with van der Waals surface area (Å²) in [4.78, 5) is 0. The van der Waals surface area contributed by atoms with Crippen molar-refractivity contribution in [2.75, 3.05) is 26.4 Å². The van der Waals surface area contributed by atoms with Gasteiger partial charge in [-0.15, -0.1) is 0 Å². The smallest absolute Gasteiger partial charge is 0.119 e. The molecular formula is C22H26O4. The van der Waals surface area contributed by atoms with Gasteiger partial charge >= 0.3 is 0 Å². The molecule has 1 atom stereocenters. The molecule has 2 aromatic rings. The molecule has 0 aliphatic heterocycles. The van der Waals surface area contributed by atoms with Gasteiger partial charge in [0.25, 0.3) is 0 Å². The molecule has 4 heteroatoms. The molecule has 2 rings (SSSR count). The van der Waals surface area contributed by atoms with E-state index in [-0.39, 0.29) is 11.7 Å². The van der Waals surface area contributed by atoms with Crippen LogP contribution in [0.4, 0.5) is 0 Å². The number of aromatic hydroxyl groups is 1. The number of phenolic OH excluding ortho intramolecular Hbond substituents is 1. The van der Waals surface area contributed by atoms with Crippen LogP contribution in [-0.4, -0.2) is 31.5 Å². The van der Waals surface area contributed by atoms with Crippen LogP contribution in [0.1, 0.15) is 24.0 Å². The van der Waals surface area contributed by atoms with E-state index in [2.05, 4.69) is 32.2 Å².